The topological polar surface area (TPSA) is 108 Å². The molecular weight excluding hydrogens is 324 g/mol. The molecular formula is C17H22N4O4. The number of hydrogen-bond donors (Lipinski definition) is 3. The van der Waals surface area contributed by atoms with Crippen LogP contribution in [0.15, 0.2) is 24.3 Å². The molecule has 0 bridgehead atoms. The number of carbonyl (C=O) groups is 4. The number of nitrogens with one attached hydrogen (secondary N) is 3. The molecule has 0 spiro atoms. The van der Waals surface area contributed by atoms with Crippen molar-refractivity contribution in [2.75, 3.05) is 6.54 Å². The van der Waals surface area contributed by atoms with Crippen molar-refractivity contribution in [2.45, 2.75) is 39.2 Å². The van der Waals surface area contributed by atoms with Gasteiger partial charge in [0.15, 0.2) is 0 Å². The molecule has 1 saturated heterocycles. The van der Waals surface area contributed by atoms with E-state index in [1.807, 2.05) is 31.2 Å². The molecule has 25 heavy (non-hydrogen) atoms. The van der Waals surface area contributed by atoms with Crippen LogP contribution in [0.4, 0.5) is 4.79 Å². The number of hydrazine groups is 1. The van der Waals surface area contributed by atoms with Gasteiger partial charge in [0.1, 0.15) is 5.54 Å². The minimum absolute atomic E-state index is 0.0479. The van der Waals surface area contributed by atoms with E-state index in [0.29, 0.717) is 0 Å². The molecule has 0 radical (unpaired) electrons. The Balaban J connectivity index is 1.73. The molecule has 134 valence electrons. The standard InChI is InChI=1S/C17H22N4O4/c1-11-4-6-12(7-5-11)10-14(23)20-19-13(22)8-9-21-15(24)17(2,3)18-16(21)25/h4-7H,8-10H2,1-3H3,(H,18,25)(H,19,22)(H,20,23). The molecule has 1 aromatic rings. The molecule has 2 rings (SSSR count). The number of hydrogen-bond acceptors (Lipinski definition) is 4. The van der Waals surface area contributed by atoms with Gasteiger partial charge in [-0.25, -0.2) is 4.79 Å². The van der Waals surface area contributed by atoms with Gasteiger partial charge in [-0.15, -0.1) is 0 Å². The smallest absolute Gasteiger partial charge is 0.324 e. The lowest BCUT2D eigenvalue weighted by molar-refractivity contribution is -0.131. The van der Waals surface area contributed by atoms with Gasteiger partial charge in [0.2, 0.25) is 11.8 Å². The van der Waals surface area contributed by atoms with E-state index < -0.39 is 17.5 Å². The molecule has 0 saturated carbocycles. The Labute approximate surface area is 145 Å². The summed E-state index contributed by atoms with van der Waals surface area (Å²) >= 11 is 0. The highest BCUT2D eigenvalue weighted by Crippen LogP contribution is 2.16. The zero-order valence-corrected chi connectivity index (χ0v) is 14.5. The predicted octanol–water partition coefficient (Wildman–Crippen LogP) is 0.405. The zero-order valence-electron chi connectivity index (χ0n) is 14.5. The Kier molecular flexibility index (Phi) is 5.41. The van der Waals surface area contributed by atoms with E-state index in [4.69, 9.17) is 0 Å². The molecule has 1 aliphatic heterocycles. The second kappa shape index (κ2) is 7.33. The molecule has 3 N–H and O–H groups in total. The summed E-state index contributed by atoms with van der Waals surface area (Å²) in [6.45, 7) is 5.10. The van der Waals surface area contributed by atoms with Crippen molar-refractivity contribution in [3.63, 3.8) is 0 Å². The summed E-state index contributed by atoms with van der Waals surface area (Å²) in [5.41, 5.74) is 5.57. The number of rotatable bonds is 5. The van der Waals surface area contributed by atoms with Crippen molar-refractivity contribution in [3.8, 4) is 0 Å². The van der Waals surface area contributed by atoms with E-state index >= 15 is 0 Å². The summed E-state index contributed by atoms with van der Waals surface area (Å²) < 4.78 is 0. The number of imide groups is 1. The van der Waals surface area contributed by atoms with Crippen molar-refractivity contribution in [1.82, 2.24) is 21.1 Å². The lowest BCUT2D eigenvalue weighted by atomic mass is 10.1. The van der Waals surface area contributed by atoms with Gasteiger partial charge in [-0.1, -0.05) is 29.8 Å². The van der Waals surface area contributed by atoms with Gasteiger partial charge in [0, 0.05) is 13.0 Å². The van der Waals surface area contributed by atoms with Crippen molar-refractivity contribution in [2.24, 2.45) is 0 Å². The normalized spacial score (nSPS) is 15.7. The Morgan fingerprint density at radius 3 is 2.24 bits per heavy atom. The van der Waals surface area contributed by atoms with Gasteiger partial charge in [-0.05, 0) is 26.3 Å². The van der Waals surface area contributed by atoms with Gasteiger partial charge in [0.25, 0.3) is 5.91 Å². The average Bonchev–Trinajstić information content (AvgIpc) is 2.73. The maximum atomic E-state index is 12.0. The van der Waals surface area contributed by atoms with Crippen LogP contribution in [-0.2, 0) is 20.8 Å². The molecule has 0 atom stereocenters. The van der Waals surface area contributed by atoms with Gasteiger partial charge >= 0.3 is 6.03 Å². The summed E-state index contributed by atoms with van der Waals surface area (Å²) in [4.78, 5) is 48.3. The number of amides is 5. The largest absolute Gasteiger partial charge is 0.325 e. The third-order valence-corrected chi connectivity index (χ3v) is 3.83. The first-order valence-electron chi connectivity index (χ1n) is 7.96. The fraction of sp³-hybridized carbons (Fsp3) is 0.412. The van der Waals surface area contributed by atoms with Crippen LogP contribution in [0.1, 0.15) is 31.4 Å². The van der Waals surface area contributed by atoms with Crippen LogP contribution < -0.4 is 16.2 Å². The number of urea groups is 1. The third-order valence-electron chi connectivity index (χ3n) is 3.83. The second-order valence-electron chi connectivity index (χ2n) is 6.52. The first-order valence-corrected chi connectivity index (χ1v) is 7.96. The van der Waals surface area contributed by atoms with Crippen molar-refractivity contribution in [3.05, 3.63) is 35.4 Å². The summed E-state index contributed by atoms with van der Waals surface area (Å²) in [6, 6.07) is 6.97. The van der Waals surface area contributed by atoms with Gasteiger partial charge in [-0.3, -0.25) is 30.1 Å². The van der Waals surface area contributed by atoms with Crippen LogP contribution in [0.2, 0.25) is 0 Å². The minimum atomic E-state index is -0.962. The van der Waals surface area contributed by atoms with Crippen LogP contribution in [0.3, 0.4) is 0 Å². The molecule has 1 fully saturated rings. The van der Waals surface area contributed by atoms with Crippen LogP contribution in [0.25, 0.3) is 0 Å². The fourth-order valence-corrected chi connectivity index (χ4v) is 2.37. The van der Waals surface area contributed by atoms with Crippen LogP contribution in [-0.4, -0.2) is 40.7 Å². The first-order chi connectivity index (χ1) is 11.7. The fourth-order valence-electron chi connectivity index (χ4n) is 2.37. The lowest BCUT2D eigenvalue weighted by Crippen LogP contribution is -2.44. The van der Waals surface area contributed by atoms with E-state index in [1.54, 1.807) is 13.8 Å². The Morgan fingerprint density at radius 1 is 1.08 bits per heavy atom. The van der Waals surface area contributed by atoms with Crippen molar-refractivity contribution >= 4 is 23.8 Å². The monoisotopic (exact) mass is 346 g/mol. The second-order valence-corrected chi connectivity index (χ2v) is 6.52. The Morgan fingerprint density at radius 2 is 1.68 bits per heavy atom. The van der Waals surface area contributed by atoms with E-state index in [1.165, 1.54) is 0 Å². The zero-order chi connectivity index (χ0) is 18.6. The van der Waals surface area contributed by atoms with Crippen molar-refractivity contribution in [1.29, 1.82) is 0 Å². The molecule has 5 amide bonds. The summed E-state index contributed by atoms with van der Waals surface area (Å²) in [7, 11) is 0. The number of benzene rings is 1. The maximum Gasteiger partial charge on any atom is 0.325 e. The number of carbonyl (C=O) groups excluding carboxylic acids is 4. The van der Waals surface area contributed by atoms with Crippen LogP contribution in [0.5, 0.6) is 0 Å². The summed E-state index contributed by atoms with van der Waals surface area (Å²) in [5.74, 6) is -1.22. The Bertz CT molecular complexity index is 697. The van der Waals surface area contributed by atoms with Crippen molar-refractivity contribution < 1.29 is 19.2 Å². The van der Waals surface area contributed by atoms with Gasteiger partial charge in [-0.2, -0.15) is 0 Å². The summed E-state index contributed by atoms with van der Waals surface area (Å²) in [5, 5.41) is 2.53. The van der Waals surface area contributed by atoms with E-state index in [2.05, 4.69) is 16.2 Å². The molecule has 8 heteroatoms. The van der Waals surface area contributed by atoms with E-state index in [-0.39, 0.29) is 31.2 Å². The van der Waals surface area contributed by atoms with Gasteiger partial charge < -0.3 is 5.32 Å². The third kappa shape index (κ3) is 4.79. The van der Waals surface area contributed by atoms with Crippen LogP contribution in [0, 0.1) is 6.92 Å². The predicted molar refractivity (Wildman–Crippen MR) is 90.1 cm³/mol. The summed E-state index contributed by atoms with van der Waals surface area (Å²) in [6.07, 6.45) is 0.0435. The molecule has 0 aromatic heterocycles. The SMILES string of the molecule is Cc1ccc(CC(=O)NNC(=O)CCN2C(=O)NC(C)(C)C2=O)cc1. The number of nitrogens with zero attached hydrogens (tertiary/aromatic N) is 1. The average molecular weight is 346 g/mol. The minimum Gasteiger partial charge on any atom is -0.324 e. The molecule has 0 unspecified atom stereocenters. The maximum absolute atomic E-state index is 12.0. The number of aryl methyl sites for hydroxylation is 1. The Hall–Kier alpha value is -2.90. The lowest BCUT2D eigenvalue weighted by Gasteiger charge is -2.15. The molecule has 0 aliphatic carbocycles. The highest BCUT2D eigenvalue weighted by Gasteiger charge is 2.43. The first kappa shape index (κ1) is 18.4. The molecule has 1 aliphatic rings. The molecule has 1 aromatic carbocycles. The molecule has 8 nitrogen and oxygen atoms in total. The highest BCUT2D eigenvalue weighted by atomic mass is 16.2. The highest BCUT2D eigenvalue weighted by molar-refractivity contribution is 6.06. The quantitative estimate of drug-likeness (QED) is 0.530. The van der Waals surface area contributed by atoms with E-state index in [9.17, 15) is 19.2 Å². The van der Waals surface area contributed by atoms with Crippen LogP contribution >= 0.6 is 0 Å². The van der Waals surface area contributed by atoms with Gasteiger partial charge in [0.05, 0.1) is 6.42 Å². The molecule has 1 heterocycles. The van der Waals surface area contributed by atoms with E-state index in [0.717, 1.165) is 16.0 Å².